The maximum Gasteiger partial charge on any atom is 0.255 e. The molecular weight excluding hydrogens is 442 g/mol. The van der Waals surface area contributed by atoms with Crippen molar-refractivity contribution in [2.75, 3.05) is 30.6 Å². The first kappa shape index (κ1) is 22.4. The molecule has 1 amide bonds. The molecule has 0 saturated heterocycles. The zero-order valence-corrected chi connectivity index (χ0v) is 20.7. The lowest BCUT2D eigenvalue weighted by molar-refractivity contribution is 0.0733. The van der Waals surface area contributed by atoms with E-state index in [9.17, 15) is 4.79 Å². The number of rotatable bonds is 3. The van der Waals surface area contributed by atoms with Crippen LogP contribution in [0.4, 0.5) is 5.95 Å². The summed E-state index contributed by atoms with van der Waals surface area (Å²) in [7, 11) is -0.909. The number of nitrogens with zero attached hydrogens (tertiary/aromatic N) is 4. The lowest BCUT2D eigenvalue weighted by atomic mass is 10.1. The molecule has 0 unspecified atom stereocenters. The summed E-state index contributed by atoms with van der Waals surface area (Å²) in [5, 5.41) is 6.75. The molecule has 0 bridgehead atoms. The van der Waals surface area contributed by atoms with Gasteiger partial charge in [0.15, 0.2) is 0 Å². The zero-order valence-electron chi connectivity index (χ0n) is 19.8. The summed E-state index contributed by atoms with van der Waals surface area (Å²) >= 11 is 0. The smallest absolute Gasteiger partial charge is 0.255 e. The maximum absolute atomic E-state index is 13.0. The van der Waals surface area contributed by atoms with E-state index in [1.165, 1.54) is 11.1 Å². The van der Waals surface area contributed by atoms with Gasteiger partial charge in [0.1, 0.15) is 5.69 Å². The van der Waals surface area contributed by atoms with Gasteiger partial charge in [-0.15, -0.1) is 0 Å². The van der Waals surface area contributed by atoms with Crippen molar-refractivity contribution in [3.8, 4) is 11.2 Å². The predicted molar refractivity (Wildman–Crippen MR) is 138 cm³/mol. The number of carbonyl (C=O) groups excluding carboxylic acids is 1. The molecule has 1 aliphatic carbocycles. The van der Waals surface area contributed by atoms with Gasteiger partial charge in [0.25, 0.3) is 5.91 Å². The summed E-state index contributed by atoms with van der Waals surface area (Å²) in [4.78, 5) is 28.6. The molecule has 1 aromatic carbocycles. The van der Waals surface area contributed by atoms with E-state index in [1.807, 2.05) is 23.2 Å². The summed E-state index contributed by atoms with van der Waals surface area (Å²) in [6, 6.07) is 12.5. The van der Waals surface area contributed by atoms with Crippen LogP contribution >= 0.6 is 10.0 Å². The highest BCUT2D eigenvalue weighted by Gasteiger charge is 2.25. The molecule has 5 rings (SSSR count). The molecule has 2 aromatic heterocycles. The Hall–Kier alpha value is -3.37. The number of benzene rings is 1. The molecule has 7 heteroatoms. The molecule has 3 aromatic rings. The van der Waals surface area contributed by atoms with E-state index in [0.717, 1.165) is 24.1 Å². The first-order chi connectivity index (χ1) is 16.3. The van der Waals surface area contributed by atoms with Crippen LogP contribution in [0.15, 0.2) is 48.8 Å². The van der Waals surface area contributed by atoms with Crippen molar-refractivity contribution < 1.29 is 4.79 Å². The van der Waals surface area contributed by atoms with Gasteiger partial charge >= 0.3 is 0 Å². The van der Waals surface area contributed by atoms with Gasteiger partial charge in [-0.2, -0.15) is 10.0 Å². The van der Waals surface area contributed by atoms with Crippen molar-refractivity contribution in [3.05, 3.63) is 82.4 Å². The number of carbonyl (C=O) groups is 1. The van der Waals surface area contributed by atoms with Crippen molar-refractivity contribution in [2.45, 2.75) is 31.8 Å². The Labute approximate surface area is 202 Å². The van der Waals surface area contributed by atoms with E-state index >= 15 is 0 Å². The van der Waals surface area contributed by atoms with Crippen LogP contribution in [-0.2, 0) is 25.8 Å². The minimum atomic E-state index is -0.909. The molecular formula is C27H29N5OS. The van der Waals surface area contributed by atoms with E-state index in [4.69, 9.17) is 4.98 Å². The second kappa shape index (κ2) is 9.11. The third-order valence-corrected chi connectivity index (χ3v) is 6.82. The van der Waals surface area contributed by atoms with Crippen LogP contribution in [-0.4, -0.2) is 57.1 Å². The standard InChI is InChI=1S/C27H29N5OS/c1-34(2,3)13-11-23-9-8-21(16-28-23)26(33)32-12-10-25-22(18-32)17-29-27(31-25)30-24-14-19-6-4-5-7-20(19)15-24/h4-9,16-17,24H,10,12,14-15,18H2,1-3H3,(H,29,30,31). The Morgan fingerprint density at radius 1 is 1.03 bits per heavy atom. The van der Waals surface area contributed by atoms with Crippen LogP contribution < -0.4 is 5.32 Å². The second-order valence-electron chi connectivity index (χ2n) is 9.66. The fourth-order valence-electron chi connectivity index (χ4n) is 4.38. The number of hydrogen-bond acceptors (Lipinski definition) is 5. The molecule has 0 spiro atoms. The van der Waals surface area contributed by atoms with Crippen LogP contribution in [0.25, 0.3) is 0 Å². The quantitative estimate of drug-likeness (QED) is 0.591. The second-order valence-corrected chi connectivity index (χ2v) is 13.5. The maximum atomic E-state index is 13.0. The fourth-order valence-corrected chi connectivity index (χ4v) is 4.80. The largest absolute Gasteiger partial charge is 0.351 e. The van der Waals surface area contributed by atoms with Gasteiger partial charge in [0, 0.05) is 43.5 Å². The Bertz CT molecular complexity index is 1260. The third kappa shape index (κ3) is 5.07. The molecule has 3 heterocycles. The number of fused-ring (bicyclic) bond motifs is 2. The molecule has 6 nitrogen and oxygen atoms in total. The third-order valence-electron chi connectivity index (χ3n) is 6.10. The molecule has 0 atom stereocenters. The van der Waals surface area contributed by atoms with Crippen molar-refractivity contribution in [1.82, 2.24) is 19.9 Å². The molecule has 2 aliphatic rings. The SMILES string of the molecule is CS(C)(C)C#Cc1ccc(C(=O)N2CCc3nc(NC4Cc5ccccc5C4)ncc3C2)cn1. The average molecular weight is 472 g/mol. The topological polar surface area (TPSA) is 71.0 Å². The summed E-state index contributed by atoms with van der Waals surface area (Å²) in [6.07, 6.45) is 12.6. The highest BCUT2D eigenvalue weighted by molar-refractivity contribution is 8.35. The summed E-state index contributed by atoms with van der Waals surface area (Å²) in [5.41, 5.74) is 6.10. The van der Waals surface area contributed by atoms with Crippen molar-refractivity contribution in [1.29, 1.82) is 0 Å². The van der Waals surface area contributed by atoms with E-state index in [1.54, 1.807) is 6.20 Å². The van der Waals surface area contributed by atoms with Gasteiger partial charge in [-0.3, -0.25) is 4.79 Å². The molecule has 0 fully saturated rings. The highest BCUT2D eigenvalue weighted by atomic mass is 32.3. The predicted octanol–water partition coefficient (Wildman–Crippen LogP) is 3.65. The van der Waals surface area contributed by atoms with Crippen molar-refractivity contribution in [2.24, 2.45) is 0 Å². The molecule has 34 heavy (non-hydrogen) atoms. The number of pyridine rings is 1. The monoisotopic (exact) mass is 471 g/mol. The first-order valence-corrected chi connectivity index (χ1v) is 14.3. The van der Waals surface area contributed by atoms with E-state index in [2.05, 4.69) is 69.5 Å². The van der Waals surface area contributed by atoms with Crippen LogP contribution in [0.5, 0.6) is 0 Å². The van der Waals surface area contributed by atoms with Crippen LogP contribution in [0.3, 0.4) is 0 Å². The van der Waals surface area contributed by atoms with Gasteiger partial charge in [-0.05, 0) is 66.0 Å². The Kier molecular flexibility index (Phi) is 6.01. The van der Waals surface area contributed by atoms with Gasteiger partial charge in [-0.25, -0.2) is 15.0 Å². The number of nitrogens with one attached hydrogen (secondary N) is 1. The summed E-state index contributed by atoms with van der Waals surface area (Å²) < 4.78 is 0. The minimum Gasteiger partial charge on any atom is -0.351 e. The highest BCUT2D eigenvalue weighted by Crippen LogP contribution is 2.32. The van der Waals surface area contributed by atoms with Crippen molar-refractivity contribution in [3.63, 3.8) is 0 Å². The molecule has 1 N–H and O–H groups in total. The fraction of sp³-hybridized carbons (Fsp3) is 0.333. The van der Waals surface area contributed by atoms with Gasteiger partial charge < -0.3 is 10.2 Å². The Morgan fingerprint density at radius 2 is 1.79 bits per heavy atom. The Balaban J connectivity index is 1.22. The molecule has 1 aliphatic heterocycles. The summed E-state index contributed by atoms with van der Waals surface area (Å²) in [5.74, 6) is 3.76. The minimum absolute atomic E-state index is 0.0231. The molecule has 174 valence electrons. The van der Waals surface area contributed by atoms with Gasteiger partial charge in [-0.1, -0.05) is 24.3 Å². The number of aromatic nitrogens is 3. The lowest BCUT2D eigenvalue weighted by Gasteiger charge is -2.28. The number of amides is 1. The molecule has 0 saturated carbocycles. The van der Waals surface area contributed by atoms with E-state index in [-0.39, 0.29) is 5.91 Å². The average Bonchev–Trinajstić information content (AvgIpc) is 3.24. The number of hydrogen-bond donors (Lipinski definition) is 1. The lowest BCUT2D eigenvalue weighted by Crippen LogP contribution is -2.36. The van der Waals surface area contributed by atoms with E-state index < -0.39 is 10.0 Å². The van der Waals surface area contributed by atoms with Crippen molar-refractivity contribution >= 4 is 21.9 Å². The van der Waals surface area contributed by atoms with Gasteiger partial charge in [0.05, 0.1) is 11.3 Å². The van der Waals surface area contributed by atoms with Gasteiger partial charge in [0.2, 0.25) is 5.95 Å². The van der Waals surface area contributed by atoms with Crippen LogP contribution in [0.2, 0.25) is 0 Å². The normalized spacial score (nSPS) is 15.7. The molecule has 0 radical (unpaired) electrons. The Morgan fingerprint density at radius 3 is 2.47 bits per heavy atom. The van der Waals surface area contributed by atoms with Crippen LogP contribution in [0.1, 0.15) is 38.4 Å². The van der Waals surface area contributed by atoms with Crippen LogP contribution in [0, 0.1) is 11.2 Å². The first-order valence-electron chi connectivity index (χ1n) is 11.5. The summed E-state index contributed by atoms with van der Waals surface area (Å²) in [6.45, 7) is 1.14. The zero-order chi connectivity index (χ0) is 23.7. The number of anilines is 1. The van der Waals surface area contributed by atoms with E-state index in [0.29, 0.717) is 42.8 Å².